The summed E-state index contributed by atoms with van der Waals surface area (Å²) in [6.07, 6.45) is 0. The highest BCUT2D eigenvalue weighted by atomic mass is 16.4. The van der Waals surface area contributed by atoms with Gasteiger partial charge < -0.3 is 4.42 Å². The lowest BCUT2D eigenvalue weighted by molar-refractivity contribution is 0.558. The predicted molar refractivity (Wildman–Crippen MR) is 74.0 cm³/mol. The first-order valence-corrected chi connectivity index (χ1v) is 5.80. The zero-order chi connectivity index (χ0) is 13.1. The van der Waals surface area contributed by atoms with Gasteiger partial charge in [0.1, 0.15) is 5.52 Å². The van der Waals surface area contributed by atoms with Gasteiger partial charge in [0.2, 0.25) is 5.82 Å². The fourth-order valence-electron chi connectivity index (χ4n) is 1.68. The van der Waals surface area contributed by atoms with Gasteiger partial charge in [0.05, 0.1) is 5.69 Å². The van der Waals surface area contributed by atoms with E-state index in [1.807, 2.05) is 36.4 Å². The number of hydrazine groups is 1. The molecule has 0 radical (unpaired) electrons. The van der Waals surface area contributed by atoms with Gasteiger partial charge >= 0.3 is 5.63 Å². The van der Waals surface area contributed by atoms with Crippen LogP contribution in [0.1, 0.15) is 0 Å². The summed E-state index contributed by atoms with van der Waals surface area (Å²) in [4.78, 5) is 15.9. The molecule has 0 aliphatic heterocycles. The van der Waals surface area contributed by atoms with Crippen LogP contribution in [-0.4, -0.2) is 4.98 Å². The van der Waals surface area contributed by atoms with Crippen molar-refractivity contribution >= 4 is 22.6 Å². The Morgan fingerprint density at radius 1 is 0.895 bits per heavy atom. The number of fused-ring (bicyclic) bond motifs is 1. The second-order valence-corrected chi connectivity index (χ2v) is 3.93. The maximum Gasteiger partial charge on any atom is 0.381 e. The third-order valence-electron chi connectivity index (χ3n) is 2.59. The molecule has 0 aliphatic rings. The van der Waals surface area contributed by atoms with Crippen molar-refractivity contribution < 1.29 is 4.42 Å². The van der Waals surface area contributed by atoms with Crippen molar-refractivity contribution in [3.05, 3.63) is 65.0 Å². The molecule has 0 saturated carbocycles. The van der Waals surface area contributed by atoms with Gasteiger partial charge in [-0.2, -0.15) is 0 Å². The molecule has 19 heavy (non-hydrogen) atoms. The molecule has 1 heterocycles. The summed E-state index contributed by atoms with van der Waals surface area (Å²) >= 11 is 0. The average molecular weight is 253 g/mol. The Morgan fingerprint density at radius 3 is 2.47 bits per heavy atom. The summed E-state index contributed by atoms with van der Waals surface area (Å²) in [7, 11) is 0. The number of nitrogens with zero attached hydrogens (tertiary/aromatic N) is 1. The van der Waals surface area contributed by atoms with Crippen LogP contribution in [-0.2, 0) is 0 Å². The van der Waals surface area contributed by atoms with E-state index in [1.165, 1.54) is 0 Å². The van der Waals surface area contributed by atoms with Crippen LogP contribution in [0.15, 0.2) is 63.8 Å². The minimum Gasteiger partial charge on any atom is -0.418 e. The van der Waals surface area contributed by atoms with Crippen molar-refractivity contribution in [2.24, 2.45) is 0 Å². The van der Waals surface area contributed by atoms with E-state index >= 15 is 0 Å². The third-order valence-corrected chi connectivity index (χ3v) is 2.59. The van der Waals surface area contributed by atoms with Crippen molar-refractivity contribution in [1.29, 1.82) is 0 Å². The quantitative estimate of drug-likeness (QED) is 0.702. The lowest BCUT2D eigenvalue weighted by Gasteiger charge is -2.07. The second-order valence-electron chi connectivity index (χ2n) is 3.93. The van der Waals surface area contributed by atoms with E-state index < -0.39 is 5.63 Å². The molecular weight excluding hydrogens is 242 g/mol. The number of para-hydroxylation sites is 3. The first-order valence-electron chi connectivity index (χ1n) is 5.80. The highest BCUT2D eigenvalue weighted by molar-refractivity contribution is 5.73. The van der Waals surface area contributed by atoms with E-state index in [0.29, 0.717) is 11.1 Å². The SMILES string of the molecule is O=c1oc2ccccc2nc1NNc1ccccc1. The van der Waals surface area contributed by atoms with Crippen LogP contribution < -0.4 is 16.5 Å². The molecule has 5 nitrogen and oxygen atoms in total. The number of anilines is 2. The van der Waals surface area contributed by atoms with Crippen LogP contribution >= 0.6 is 0 Å². The molecule has 2 N–H and O–H groups in total. The van der Waals surface area contributed by atoms with Gasteiger partial charge in [-0.25, -0.2) is 9.78 Å². The molecule has 0 aliphatic carbocycles. The molecule has 1 aromatic heterocycles. The van der Waals surface area contributed by atoms with Gasteiger partial charge in [0, 0.05) is 0 Å². The van der Waals surface area contributed by atoms with Crippen molar-refractivity contribution in [3.63, 3.8) is 0 Å². The largest absolute Gasteiger partial charge is 0.418 e. The van der Waals surface area contributed by atoms with Crippen LogP contribution in [0, 0.1) is 0 Å². The van der Waals surface area contributed by atoms with Gasteiger partial charge in [-0.3, -0.25) is 10.9 Å². The molecule has 0 fully saturated rings. The van der Waals surface area contributed by atoms with Crippen LogP contribution in [0.5, 0.6) is 0 Å². The van der Waals surface area contributed by atoms with E-state index in [0.717, 1.165) is 5.69 Å². The lowest BCUT2D eigenvalue weighted by atomic mass is 10.3. The number of nitrogens with one attached hydrogen (secondary N) is 2. The van der Waals surface area contributed by atoms with E-state index in [2.05, 4.69) is 15.8 Å². The van der Waals surface area contributed by atoms with Crippen LogP contribution in [0.3, 0.4) is 0 Å². The molecule has 0 spiro atoms. The summed E-state index contributed by atoms with van der Waals surface area (Å²) < 4.78 is 5.16. The van der Waals surface area contributed by atoms with Crippen molar-refractivity contribution in [2.45, 2.75) is 0 Å². The normalized spacial score (nSPS) is 10.3. The van der Waals surface area contributed by atoms with Gasteiger partial charge in [-0.1, -0.05) is 30.3 Å². The van der Waals surface area contributed by atoms with E-state index in [9.17, 15) is 4.79 Å². The highest BCUT2D eigenvalue weighted by Crippen LogP contribution is 2.11. The minimum absolute atomic E-state index is 0.127. The molecule has 0 amide bonds. The summed E-state index contributed by atoms with van der Waals surface area (Å²) in [5, 5.41) is 0. The summed E-state index contributed by atoms with van der Waals surface area (Å²) in [6, 6.07) is 16.6. The van der Waals surface area contributed by atoms with Gasteiger partial charge in [-0.05, 0) is 24.3 Å². The number of benzene rings is 2. The van der Waals surface area contributed by atoms with Gasteiger partial charge in [-0.15, -0.1) is 0 Å². The zero-order valence-corrected chi connectivity index (χ0v) is 9.96. The molecular formula is C14H11N3O2. The van der Waals surface area contributed by atoms with Gasteiger partial charge in [0.15, 0.2) is 5.58 Å². The second kappa shape index (κ2) is 4.81. The summed E-state index contributed by atoms with van der Waals surface area (Å²) in [5.41, 5.74) is 7.06. The molecule has 2 aromatic carbocycles. The van der Waals surface area contributed by atoms with Crippen molar-refractivity contribution in [2.75, 3.05) is 10.9 Å². The molecule has 0 atom stereocenters. The Morgan fingerprint density at radius 2 is 1.63 bits per heavy atom. The number of aromatic nitrogens is 1. The topological polar surface area (TPSA) is 67.2 Å². The van der Waals surface area contributed by atoms with E-state index in [-0.39, 0.29) is 5.82 Å². The van der Waals surface area contributed by atoms with E-state index in [1.54, 1.807) is 18.2 Å². The smallest absolute Gasteiger partial charge is 0.381 e. The summed E-state index contributed by atoms with van der Waals surface area (Å²) in [5.74, 6) is 0.127. The zero-order valence-electron chi connectivity index (χ0n) is 9.96. The molecule has 3 rings (SSSR count). The van der Waals surface area contributed by atoms with Crippen LogP contribution in [0.2, 0.25) is 0 Å². The van der Waals surface area contributed by atoms with Crippen LogP contribution in [0.4, 0.5) is 11.5 Å². The first-order chi connectivity index (χ1) is 9.33. The highest BCUT2D eigenvalue weighted by Gasteiger charge is 2.05. The summed E-state index contributed by atoms with van der Waals surface area (Å²) in [6.45, 7) is 0. The molecule has 94 valence electrons. The third kappa shape index (κ3) is 2.40. The monoisotopic (exact) mass is 253 g/mol. The Kier molecular flexibility index (Phi) is 2.86. The fraction of sp³-hybridized carbons (Fsp3) is 0. The Hall–Kier alpha value is -2.82. The van der Waals surface area contributed by atoms with Crippen LogP contribution in [0.25, 0.3) is 11.1 Å². The number of rotatable bonds is 3. The Balaban J connectivity index is 1.89. The van der Waals surface area contributed by atoms with Crippen molar-refractivity contribution in [1.82, 2.24) is 4.98 Å². The molecule has 0 bridgehead atoms. The Bertz CT molecular complexity index is 753. The number of hydrogen-bond acceptors (Lipinski definition) is 5. The fourth-order valence-corrected chi connectivity index (χ4v) is 1.68. The maximum atomic E-state index is 11.7. The molecule has 0 saturated heterocycles. The average Bonchev–Trinajstić information content (AvgIpc) is 2.46. The molecule has 3 aromatic rings. The predicted octanol–water partition coefficient (Wildman–Crippen LogP) is 2.63. The standard InChI is InChI=1S/C14H11N3O2/c18-14-13(17-16-10-6-2-1-3-7-10)15-11-8-4-5-9-12(11)19-14/h1-9,16H,(H,15,17). The van der Waals surface area contributed by atoms with Gasteiger partial charge in [0.25, 0.3) is 0 Å². The minimum atomic E-state index is -0.512. The molecule has 0 unspecified atom stereocenters. The number of hydrogen-bond donors (Lipinski definition) is 2. The maximum absolute atomic E-state index is 11.7. The first kappa shape index (κ1) is 11.3. The van der Waals surface area contributed by atoms with Crippen molar-refractivity contribution in [3.8, 4) is 0 Å². The Labute approximate surface area is 108 Å². The molecule has 5 heteroatoms. The van der Waals surface area contributed by atoms with E-state index in [4.69, 9.17) is 4.42 Å². The lowest BCUT2D eigenvalue weighted by Crippen LogP contribution is -2.17.